The van der Waals surface area contributed by atoms with Gasteiger partial charge in [-0.2, -0.15) is 0 Å². The SMILES string of the molecule is CCCCNC(=O)C(C)N(Cc1ccc(Cl)c(Cl)c1)C(=O)CN(c1ccc(Cl)cc1)S(=O)(=O)c1ccccc1. The van der Waals surface area contributed by atoms with Crippen LogP contribution in [0.15, 0.2) is 77.7 Å². The minimum atomic E-state index is -4.14. The summed E-state index contributed by atoms with van der Waals surface area (Å²) in [5, 5.41) is 3.92. The average molecular weight is 611 g/mol. The Labute approximate surface area is 244 Å². The van der Waals surface area contributed by atoms with E-state index in [1.165, 1.54) is 29.2 Å². The van der Waals surface area contributed by atoms with Crippen molar-refractivity contribution in [2.75, 3.05) is 17.4 Å². The normalized spacial score (nSPS) is 12.0. The number of hydrogen-bond donors (Lipinski definition) is 1. The van der Waals surface area contributed by atoms with Crippen molar-refractivity contribution in [1.29, 1.82) is 0 Å². The standard InChI is InChI=1S/C28H30Cl3N3O4S/c1-3-4-16-32-28(36)20(2)33(18-21-10-15-25(30)26(31)17-21)27(35)19-34(23-13-11-22(29)12-14-23)39(37,38)24-8-6-5-7-9-24/h5-15,17,20H,3-4,16,18-19H2,1-2H3,(H,32,36). The smallest absolute Gasteiger partial charge is 0.264 e. The zero-order valence-corrected chi connectivity index (χ0v) is 24.7. The van der Waals surface area contributed by atoms with Crippen LogP contribution in [-0.2, 0) is 26.2 Å². The molecule has 2 amide bonds. The lowest BCUT2D eigenvalue weighted by Gasteiger charge is -2.32. The number of unbranched alkanes of at least 4 members (excludes halogenated alkanes) is 1. The number of benzene rings is 3. The number of amides is 2. The minimum absolute atomic E-state index is 0.0118. The number of anilines is 1. The van der Waals surface area contributed by atoms with Crippen molar-refractivity contribution in [3.63, 3.8) is 0 Å². The van der Waals surface area contributed by atoms with Gasteiger partial charge in [-0.05, 0) is 67.4 Å². The van der Waals surface area contributed by atoms with E-state index in [0.717, 1.165) is 17.1 Å². The van der Waals surface area contributed by atoms with E-state index in [1.54, 1.807) is 55.5 Å². The van der Waals surface area contributed by atoms with E-state index in [4.69, 9.17) is 34.8 Å². The number of nitrogens with one attached hydrogen (secondary N) is 1. The van der Waals surface area contributed by atoms with Gasteiger partial charge in [-0.1, -0.05) is 72.4 Å². The van der Waals surface area contributed by atoms with Crippen molar-refractivity contribution >= 4 is 62.3 Å². The number of nitrogens with zero attached hydrogens (tertiary/aromatic N) is 2. The molecule has 3 aromatic rings. The van der Waals surface area contributed by atoms with Crippen LogP contribution in [0.5, 0.6) is 0 Å². The molecular weight excluding hydrogens is 581 g/mol. The summed E-state index contributed by atoms with van der Waals surface area (Å²) >= 11 is 18.3. The van der Waals surface area contributed by atoms with Crippen molar-refractivity contribution in [1.82, 2.24) is 10.2 Å². The summed E-state index contributed by atoms with van der Waals surface area (Å²) in [5.74, 6) is -0.922. The maximum absolute atomic E-state index is 13.9. The molecule has 1 unspecified atom stereocenters. The van der Waals surface area contributed by atoms with E-state index in [2.05, 4.69) is 5.32 Å². The number of halogens is 3. The molecule has 208 valence electrons. The Morgan fingerprint density at radius 2 is 1.59 bits per heavy atom. The molecule has 0 aliphatic rings. The zero-order chi connectivity index (χ0) is 28.6. The van der Waals surface area contributed by atoms with Crippen LogP contribution in [-0.4, -0.2) is 44.3 Å². The van der Waals surface area contributed by atoms with Gasteiger partial charge >= 0.3 is 0 Å². The first-order chi connectivity index (χ1) is 18.5. The fraction of sp³-hybridized carbons (Fsp3) is 0.286. The molecule has 0 saturated carbocycles. The van der Waals surface area contributed by atoms with E-state index < -0.39 is 28.5 Å². The maximum Gasteiger partial charge on any atom is 0.264 e. The Bertz CT molecular complexity index is 1390. The molecule has 3 aromatic carbocycles. The molecule has 0 saturated heterocycles. The van der Waals surface area contributed by atoms with Crippen molar-refractivity contribution in [3.05, 3.63) is 93.4 Å². The van der Waals surface area contributed by atoms with Crippen LogP contribution >= 0.6 is 34.8 Å². The van der Waals surface area contributed by atoms with Crippen LogP contribution in [0.4, 0.5) is 5.69 Å². The molecular formula is C28H30Cl3N3O4S. The quantitative estimate of drug-likeness (QED) is 0.248. The summed E-state index contributed by atoms with van der Waals surface area (Å²) < 4.78 is 28.4. The van der Waals surface area contributed by atoms with Gasteiger partial charge in [0.25, 0.3) is 10.0 Å². The van der Waals surface area contributed by atoms with Crippen molar-refractivity contribution in [3.8, 4) is 0 Å². The molecule has 0 aliphatic heterocycles. The van der Waals surface area contributed by atoms with Crippen LogP contribution in [0, 0.1) is 0 Å². The lowest BCUT2D eigenvalue weighted by atomic mass is 10.1. The number of sulfonamides is 1. The summed E-state index contributed by atoms with van der Waals surface area (Å²) in [6.07, 6.45) is 1.69. The number of hydrogen-bond acceptors (Lipinski definition) is 4. The summed E-state index contributed by atoms with van der Waals surface area (Å²) in [6.45, 7) is 3.54. The Balaban J connectivity index is 1.99. The van der Waals surface area contributed by atoms with E-state index in [0.29, 0.717) is 27.2 Å². The van der Waals surface area contributed by atoms with Gasteiger partial charge in [0.1, 0.15) is 12.6 Å². The van der Waals surface area contributed by atoms with Crippen LogP contribution in [0.2, 0.25) is 15.1 Å². The summed E-state index contributed by atoms with van der Waals surface area (Å²) in [5.41, 5.74) is 0.890. The first kappa shape index (κ1) is 30.8. The molecule has 0 radical (unpaired) electrons. The molecule has 0 heterocycles. The van der Waals surface area contributed by atoms with Gasteiger partial charge in [-0.15, -0.1) is 0 Å². The monoisotopic (exact) mass is 609 g/mol. The predicted molar refractivity (Wildman–Crippen MR) is 157 cm³/mol. The average Bonchev–Trinajstić information content (AvgIpc) is 2.93. The summed E-state index contributed by atoms with van der Waals surface area (Å²) in [7, 11) is -4.14. The van der Waals surface area contributed by atoms with Gasteiger partial charge in [0, 0.05) is 18.1 Å². The van der Waals surface area contributed by atoms with Gasteiger partial charge < -0.3 is 10.2 Å². The Hall–Kier alpha value is -2.78. The second-order valence-electron chi connectivity index (χ2n) is 8.89. The Morgan fingerprint density at radius 1 is 0.923 bits per heavy atom. The molecule has 0 fully saturated rings. The van der Waals surface area contributed by atoms with Gasteiger partial charge in [-0.25, -0.2) is 8.42 Å². The van der Waals surface area contributed by atoms with Crippen LogP contribution in [0.3, 0.4) is 0 Å². The third-order valence-corrected chi connectivity index (χ3v) is 8.84. The van der Waals surface area contributed by atoms with Crippen LogP contribution < -0.4 is 9.62 Å². The number of carbonyl (C=O) groups is 2. The second kappa shape index (κ2) is 14.0. The fourth-order valence-electron chi connectivity index (χ4n) is 3.81. The first-order valence-corrected chi connectivity index (χ1v) is 15.0. The summed E-state index contributed by atoms with van der Waals surface area (Å²) in [4.78, 5) is 28.2. The van der Waals surface area contributed by atoms with Crippen molar-refractivity contribution in [2.24, 2.45) is 0 Å². The van der Waals surface area contributed by atoms with Gasteiger partial charge in [0.2, 0.25) is 11.8 Å². The third-order valence-electron chi connectivity index (χ3n) is 6.06. The van der Waals surface area contributed by atoms with Gasteiger partial charge in [0.15, 0.2) is 0 Å². The molecule has 7 nitrogen and oxygen atoms in total. The zero-order valence-electron chi connectivity index (χ0n) is 21.6. The molecule has 3 rings (SSSR count). The molecule has 0 bridgehead atoms. The van der Waals surface area contributed by atoms with Gasteiger partial charge in [-0.3, -0.25) is 13.9 Å². The topological polar surface area (TPSA) is 86.8 Å². The van der Waals surface area contributed by atoms with E-state index in [1.807, 2.05) is 6.92 Å². The number of rotatable bonds is 12. The third kappa shape index (κ3) is 8.11. The molecule has 11 heteroatoms. The lowest BCUT2D eigenvalue weighted by Crippen LogP contribution is -2.51. The van der Waals surface area contributed by atoms with Crippen LogP contribution in [0.25, 0.3) is 0 Å². The number of carbonyl (C=O) groups excluding carboxylic acids is 2. The molecule has 0 spiro atoms. The molecule has 1 atom stereocenters. The highest BCUT2D eigenvalue weighted by molar-refractivity contribution is 7.92. The van der Waals surface area contributed by atoms with Gasteiger partial charge in [0.05, 0.1) is 20.6 Å². The molecule has 39 heavy (non-hydrogen) atoms. The predicted octanol–water partition coefficient (Wildman–Crippen LogP) is 6.18. The highest BCUT2D eigenvalue weighted by Crippen LogP contribution is 2.27. The first-order valence-electron chi connectivity index (χ1n) is 12.4. The minimum Gasteiger partial charge on any atom is -0.354 e. The van der Waals surface area contributed by atoms with Crippen LogP contribution in [0.1, 0.15) is 32.3 Å². The second-order valence-corrected chi connectivity index (χ2v) is 12.0. The van der Waals surface area contributed by atoms with E-state index in [9.17, 15) is 18.0 Å². The van der Waals surface area contributed by atoms with Crippen molar-refractivity contribution < 1.29 is 18.0 Å². The maximum atomic E-state index is 13.9. The largest absolute Gasteiger partial charge is 0.354 e. The lowest BCUT2D eigenvalue weighted by molar-refractivity contribution is -0.139. The Kier molecular flexibility index (Phi) is 11.1. The van der Waals surface area contributed by atoms with Crippen molar-refractivity contribution in [2.45, 2.75) is 44.2 Å². The Morgan fingerprint density at radius 3 is 2.21 bits per heavy atom. The fourth-order valence-corrected chi connectivity index (χ4v) is 5.69. The molecule has 1 N–H and O–H groups in total. The molecule has 0 aliphatic carbocycles. The molecule has 0 aromatic heterocycles. The van der Waals surface area contributed by atoms with E-state index in [-0.39, 0.29) is 23.0 Å². The highest BCUT2D eigenvalue weighted by Gasteiger charge is 2.32. The highest BCUT2D eigenvalue weighted by atomic mass is 35.5. The van der Waals surface area contributed by atoms with E-state index >= 15 is 0 Å². The summed E-state index contributed by atoms with van der Waals surface area (Å²) in [6, 6.07) is 18.0.